The van der Waals surface area contributed by atoms with Crippen LogP contribution < -0.4 is 10.0 Å². The molecule has 0 aromatic heterocycles. The lowest BCUT2D eigenvalue weighted by Crippen LogP contribution is -2.53. The summed E-state index contributed by atoms with van der Waals surface area (Å²) in [5.74, 6) is -1.87. The van der Waals surface area contributed by atoms with Crippen LogP contribution >= 0.6 is 0 Å². The van der Waals surface area contributed by atoms with E-state index in [9.17, 15) is 32.7 Å². The number of ether oxygens (including phenoxy) is 1. The first kappa shape index (κ1) is 30.5. The number of fused-ring (bicyclic) bond motifs is 2. The van der Waals surface area contributed by atoms with Crippen LogP contribution in [0.1, 0.15) is 91.9 Å². The van der Waals surface area contributed by atoms with Crippen LogP contribution in [-0.2, 0) is 29.1 Å². The van der Waals surface area contributed by atoms with Gasteiger partial charge in [-0.2, -0.15) is 0 Å². The Balaban J connectivity index is 1.57. The van der Waals surface area contributed by atoms with Gasteiger partial charge in [-0.3, -0.25) is 19.1 Å². The van der Waals surface area contributed by atoms with Crippen molar-refractivity contribution in [1.29, 1.82) is 0 Å². The smallest absolute Gasteiger partial charge is 0.408 e. The highest BCUT2D eigenvalue weighted by molar-refractivity contribution is 7.91. The van der Waals surface area contributed by atoms with Crippen molar-refractivity contribution < 1.29 is 37.4 Å². The summed E-state index contributed by atoms with van der Waals surface area (Å²) in [7, 11) is -3.89. The summed E-state index contributed by atoms with van der Waals surface area (Å²) in [6.07, 6.45) is 6.59. The molecule has 40 heavy (non-hydrogen) atoms. The fourth-order valence-electron chi connectivity index (χ4n) is 5.67. The molecule has 11 nitrogen and oxygen atoms in total. The molecule has 0 aromatic carbocycles. The van der Waals surface area contributed by atoms with Gasteiger partial charge in [-0.05, 0) is 72.1 Å². The monoisotopic (exact) mass is 581 g/mol. The lowest BCUT2D eigenvalue weighted by molar-refractivity contribution is -0.140. The molecule has 1 saturated heterocycles. The molecule has 224 valence electrons. The average molecular weight is 582 g/mol. The molecule has 0 spiro atoms. The van der Waals surface area contributed by atoms with Crippen LogP contribution in [0.25, 0.3) is 0 Å². The Hall–Kier alpha value is -2.47. The van der Waals surface area contributed by atoms with Crippen molar-refractivity contribution in [2.75, 3.05) is 6.54 Å². The predicted molar refractivity (Wildman–Crippen MR) is 146 cm³/mol. The second-order valence-electron chi connectivity index (χ2n) is 13.2. The largest absolute Gasteiger partial charge is 0.444 e. The lowest BCUT2D eigenvalue weighted by Gasteiger charge is -2.30. The van der Waals surface area contributed by atoms with E-state index in [0.29, 0.717) is 32.1 Å². The minimum atomic E-state index is -3.89. The van der Waals surface area contributed by atoms with Crippen LogP contribution in [0.4, 0.5) is 4.79 Å². The van der Waals surface area contributed by atoms with E-state index in [2.05, 4.69) is 10.0 Å². The van der Waals surface area contributed by atoms with Gasteiger partial charge in [-0.15, -0.1) is 0 Å². The van der Waals surface area contributed by atoms with E-state index in [0.717, 1.165) is 19.3 Å². The van der Waals surface area contributed by atoms with Crippen LogP contribution in [0, 0.1) is 11.3 Å². The van der Waals surface area contributed by atoms with Crippen LogP contribution in [-0.4, -0.2) is 77.2 Å². The minimum absolute atomic E-state index is 0.0122. The summed E-state index contributed by atoms with van der Waals surface area (Å²) in [6.45, 7) is 6.68. The Morgan fingerprint density at radius 1 is 1.15 bits per heavy atom. The highest BCUT2D eigenvalue weighted by Gasteiger charge is 2.62. The number of nitrogens with one attached hydrogen (secondary N) is 2. The number of sulfonamides is 1. The average Bonchev–Trinajstić information content (AvgIpc) is 3.71. The number of nitrogens with zero attached hydrogens (tertiary/aromatic N) is 1. The van der Waals surface area contributed by atoms with Gasteiger partial charge in [-0.25, -0.2) is 13.2 Å². The summed E-state index contributed by atoms with van der Waals surface area (Å²) in [5, 5.41) is 13.1. The molecule has 2 aliphatic heterocycles. The molecular weight excluding hydrogens is 538 g/mol. The third-order valence-corrected chi connectivity index (χ3v) is 10.7. The molecular formula is C28H43N3O8S. The van der Waals surface area contributed by atoms with Gasteiger partial charge in [0.25, 0.3) is 0 Å². The number of aliphatic hydroxyl groups is 1. The van der Waals surface area contributed by atoms with E-state index in [-0.39, 0.29) is 25.3 Å². The van der Waals surface area contributed by atoms with Gasteiger partial charge >= 0.3 is 6.09 Å². The molecule has 0 radical (unpaired) electrons. The fraction of sp³-hybridized carbons (Fsp3) is 0.786. The van der Waals surface area contributed by atoms with Gasteiger partial charge in [0.1, 0.15) is 11.6 Å². The molecule has 4 rings (SSSR count). The number of alkyl carbamates (subject to hydrolysis) is 1. The predicted octanol–water partition coefficient (Wildman–Crippen LogP) is 2.33. The number of hydrogen-bond donors (Lipinski definition) is 3. The van der Waals surface area contributed by atoms with Gasteiger partial charge in [0.2, 0.25) is 21.8 Å². The van der Waals surface area contributed by atoms with Crippen LogP contribution in [0.3, 0.4) is 0 Å². The summed E-state index contributed by atoms with van der Waals surface area (Å²) < 4.78 is 32.3. The second-order valence-corrected chi connectivity index (χ2v) is 15.4. The second kappa shape index (κ2) is 11.1. The van der Waals surface area contributed by atoms with Crippen molar-refractivity contribution in [3.63, 3.8) is 0 Å². The first-order valence-electron chi connectivity index (χ1n) is 14.3. The van der Waals surface area contributed by atoms with Crippen molar-refractivity contribution in [2.45, 2.75) is 120 Å². The quantitative estimate of drug-likeness (QED) is 0.427. The lowest BCUT2D eigenvalue weighted by atomic mass is 9.91. The molecule has 2 heterocycles. The Labute approximate surface area is 236 Å². The maximum absolute atomic E-state index is 13.7. The minimum Gasteiger partial charge on any atom is -0.444 e. The van der Waals surface area contributed by atoms with Crippen LogP contribution in [0.15, 0.2) is 12.2 Å². The van der Waals surface area contributed by atoms with Gasteiger partial charge in [0, 0.05) is 19.4 Å². The molecule has 3 N–H and O–H groups in total. The van der Waals surface area contributed by atoms with Gasteiger partial charge in [0.15, 0.2) is 5.78 Å². The third kappa shape index (κ3) is 6.70. The zero-order valence-corrected chi connectivity index (χ0v) is 24.7. The highest BCUT2D eigenvalue weighted by atomic mass is 32.2. The van der Waals surface area contributed by atoms with Crippen molar-refractivity contribution >= 4 is 33.7 Å². The van der Waals surface area contributed by atoms with E-state index >= 15 is 0 Å². The Kier molecular flexibility index (Phi) is 8.44. The zero-order valence-electron chi connectivity index (χ0n) is 23.9. The number of rotatable bonds is 4. The molecule has 2 aliphatic carbocycles. The summed E-state index contributed by atoms with van der Waals surface area (Å²) >= 11 is 0. The number of Topliss-reactive ketones (excluding diaryl/α,β-unsaturated/α-hetero) is 1. The molecule has 2 saturated carbocycles. The molecule has 5 atom stereocenters. The maximum Gasteiger partial charge on any atom is 0.408 e. The van der Waals surface area contributed by atoms with Crippen molar-refractivity contribution in [1.82, 2.24) is 14.9 Å². The van der Waals surface area contributed by atoms with E-state index < -0.39 is 67.7 Å². The number of allylic oxidation sites excluding steroid dienone is 2. The first-order valence-corrected chi connectivity index (χ1v) is 15.8. The number of aliphatic hydroxyl groups excluding tert-OH is 1. The SMILES string of the molecule is CC(C)(C)OC(=O)N[C@H]1CCCCC/C=C\[C@H]2C[C@@]2(C(=O)NS(=O)(=O)C2(C)CC2)CC(=O)[C@@H]2C[C@@H](O)CN2C1=O. The number of ketones is 1. The Morgan fingerprint density at radius 3 is 2.50 bits per heavy atom. The molecule has 3 fully saturated rings. The molecule has 0 aromatic rings. The Morgan fingerprint density at radius 2 is 1.85 bits per heavy atom. The molecule has 0 bridgehead atoms. The molecule has 3 amide bonds. The van der Waals surface area contributed by atoms with E-state index in [1.807, 2.05) is 12.2 Å². The summed E-state index contributed by atoms with van der Waals surface area (Å²) in [6, 6.07) is -1.92. The third-order valence-electron chi connectivity index (χ3n) is 8.56. The Bertz CT molecular complexity index is 1170. The maximum atomic E-state index is 13.7. The number of hydrogen-bond acceptors (Lipinski definition) is 8. The van der Waals surface area contributed by atoms with E-state index in [1.165, 1.54) is 4.90 Å². The molecule has 0 unspecified atom stereocenters. The number of amides is 3. The van der Waals surface area contributed by atoms with E-state index in [1.54, 1.807) is 27.7 Å². The van der Waals surface area contributed by atoms with Crippen molar-refractivity contribution in [2.24, 2.45) is 11.3 Å². The molecule has 12 heteroatoms. The molecule has 4 aliphatic rings. The number of carbonyl (C=O) groups is 4. The number of carbonyl (C=O) groups excluding carboxylic acids is 4. The first-order chi connectivity index (χ1) is 18.6. The van der Waals surface area contributed by atoms with Crippen LogP contribution in [0.5, 0.6) is 0 Å². The standard InChI is InChI=1S/C28H43N3O8S/c1-26(2,3)39-25(36)29-20-11-9-7-5-6-8-10-18-15-28(18,24(35)30-40(37,38)27(4)12-13-27)16-22(33)21-14-19(32)17-31(21)23(20)34/h8,10,18-21,32H,5-7,9,11-17H2,1-4H3,(H,29,36)(H,30,35)/b10-8-/t18-,19+,20-,21-,28+/m0/s1. The highest BCUT2D eigenvalue weighted by Crippen LogP contribution is 2.57. The van der Waals surface area contributed by atoms with Gasteiger partial charge in [0.05, 0.1) is 22.3 Å². The van der Waals surface area contributed by atoms with Gasteiger partial charge in [-0.1, -0.05) is 25.0 Å². The normalized spacial score (nSPS) is 33.5. The van der Waals surface area contributed by atoms with Gasteiger partial charge < -0.3 is 20.1 Å². The van der Waals surface area contributed by atoms with Crippen molar-refractivity contribution in [3.05, 3.63) is 12.2 Å². The van der Waals surface area contributed by atoms with E-state index in [4.69, 9.17) is 4.74 Å². The van der Waals surface area contributed by atoms with Crippen LogP contribution in [0.2, 0.25) is 0 Å². The summed E-state index contributed by atoms with van der Waals surface area (Å²) in [5.41, 5.74) is -1.98. The zero-order chi connectivity index (χ0) is 29.5. The van der Waals surface area contributed by atoms with Crippen molar-refractivity contribution in [3.8, 4) is 0 Å². The summed E-state index contributed by atoms with van der Waals surface area (Å²) in [4.78, 5) is 54.7. The topological polar surface area (TPSA) is 159 Å². The fourth-order valence-corrected chi connectivity index (χ4v) is 7.00.